The number of benzene rings is 1. The van der Waals surface area contributed by atoms with E-state index in [1.54, 1.807) is 10.8 Å². The number of hydrogen-bond donors (Lipinski definition) is 0. The van der Waals surface area contributed by atoms with Gasteiger partial charge in [-0.15, -0.1) is 10.2 Å². The van der Waals surface area contributed by atoms with Crippen LogP contribution in [0.4, 0.5) is 5.69 Å². The second-order valence-corrected chi connectivity index (χ2v) is 6.90. The van der Waals surface area contributed by atoms with Crippen molar-refractivity contribution in [1.82, 2.24) is 24.7 Å². The van der Waals surface area contributed by atoms with Crippen LogP contribution in [0.15, 0.2) is 42.9 Å². The Labute approximate surface area is 152 Å². The van der Waals surface area contributed by atoms with Gasteiger partial charge in [-0.2, -0.15) is 5.10 Å². The molecule has 7 heteroatoms. The first-order valence-corrected chi connectivity index (χ1v) is 8.92. The van der Waals surface area contributed by atoms with Gasteiger partial charge in [-0.1, -0.05) is 26.0 Å². The van der Waals surface area contributed by atoms with Crippen LogP contribution in [0, 0.1) is 0 Å². The molecule has 1 aliphatic heterocycles. The number of carbonyl (C=O) groups excluding carboxylic acids is 1. The summed E-state index contributed by atoms with van der Waals surface area (Å²) in [6.45, 7) is 7.26. The minimum Gasteiger partial charge on any atom is -0.367 e. The average molecular weight is 350 g/mol. The summed E-state index contributed by atoms with van der Waals surface area (Å²) < 4.78 is 1.64. The smallest absolute Gasteiger partial charge is 0.253 e. The van der Waals surface area contributed by atoms with Crippen LogP contribution in [0.1, 0.15) is 35.7 Å². The summed E-state index contributed by atoms with van der Waals surface area (Å²) in [6.07, 6.45) is 3.40. The second-order valence-electron chi connectivity index (χ2n) is 6.90. The van der Waals surface area contributed by atoms with Crippen LogP contribution in [0.3, 0.4) is 0 Å². The Hall–Kier alpha value is -2.96. The van der Waals surface area contributed by atoms with Crippen LogP contribution >= 0.6 is 0 Å². The first-order valence-electron chi connectivity index (χ1n) is 8.92. The highest BCUT2D eigenvalue weighted by atomic mass is 16.2. The minimum atomic E-state index is 0.103. The number of fused-ring (bicyclic) bond motifs is 1. The Balaban J connectivity index is 1.41. The molecule has 0 radical (unpaired) electrons. The van der Waals surface area contributed by atoms with Crippen molar-refractivity contribution in [3.05, 3.63) is 54.0 Å². The first-order chi connectivity index (χ1) is 12.6. The highest BCUT2D eigenvalue weighted by molar-refractivity contribution is 5.94. The van der Waals surface area contributed by atoms with Crippen molar-refractivity contribution in [2.75, 3.05) is 31.1 Å². The van der Waals surface area contributed by atoms with Gasteiger partial charge in [0.05, 0.1) is 11.9 Å². The van der Waals surface area contributed by atoms with Gasteiger partial charge in [0.25, 0.3) is 5.91 Å². The quantitative estimate of drug-likeness (QED) is 0.724. The molecule has 1 fully saturated rings. The maximum absolute atomic E-state index is 12.7. The maximum Gasteiger partial charge on any atom is 0.253 e. The van der Waals surface area contributed by atoms with E-state index in [4.69, 9.17) is 0 Å². The third-order valence-corrected chi connectivity index (χ3v) is 4.90. The second kappa shape index (κ2) is 6.74. The Kier molecular flexibility index (Phi) is 4.28. The van der Waals surface area contributed by atoms with Crippen molar-refractivity contribution >= 4 is 17.2 Å². The fourth-order valence-electron chi connectivity index (χ4n) is 3.25. The number of aromatic nitrogens is 4. The highest BCUT2D eigenvalue weighted by Crippen LogP contribution is 2.19. The SMILES string of the molecule is CC(C)c1ccc(C(=O)N2CCN(c3cnn4cnnc4c3)CC2)cc1. The van der Waals surface area contributed by atoms with E-state index in [0.717, 1.165) is 30.0 Å². The van der Waals surface area contributed by atoms with Crippen LogP contribution in [0.25, 0.3) is 5.65 Å². The van der Waals surface area contributed by atoms with Crippen molar-refractivity contribution < 1.29 is 4.79 Å². The largest absolute Gasteiger partial charge is 0.367 e. The third kappa shape index (κ3) is 3.12. The Morgan fingerprint density at radius 1 is 1.08 bits per heavy atom. The van der Waals surface area contributed by atoms with Crippen LogP contribution in [-0.4, -0.2) is 56.8 Å². The van der Waals surface area contributed by atoms with Crippen LogP contribution in [0.2, 0.25) is 0 Å². The van der Waals surface area contributed by atoms with Gasteiger partial charge in [-0.3, -0.25) is 4.79 Å². The number of piperazine rings is 1. The number of hydrogen-bond acceptors (Lipinski definition) is 5. The lowest BCUT2D eigenvalue weighted by Gasteiger charge is -2.36. The van der Waals surface area contributed by atoms with E-state index in [-0.39, 0.29) is 5.91 Å². The standard InChI is InChI=1S/C19H22N6O/c1-14(2)15-3-5-16(6-4-15)19(26)24-9-7-23(8-10-24)17-11-18-22-20-13-25(18)21-12-17/h3-6,11-14H,7-10H2,1-2H3. The molecule has 1 amide bonds. The molecule has 7 nitrogen and oxygen atoms in total. The van der Waals surface area contributed by atoms with Gasteiger partial charge in [0.2, 0.25) is 0 Å². The Morgan fingerprint density at radius 2 is 1.81 bits per heavy atom. The molecule has 0 N–H and O–H groups in total. The molecule has 1 aliphatic rings. The Bertz CT molecular complexity index is 909. The molecule has 3 aromatic rings. The van der Waals surface area contributed by atoms with Gasteiger partial charge in [-0.05, 0) is 23.6 Å². The van der Waals surface area contributed by atoms with Gasteiger partial charge in [0.15, 0.2) is 5.65 Å². The molecular formula is C19H22N6O. The van der Waals surface area contributed by atoms with E-state index in [0.29, 0.717) is 19.0 Å². The third-order valence-electron chi connectivity index (χ3n) is 4.90. The molecular weight excluding hydrogens is 328 g/mol. The number of amides is 1. The van der Waals surface area contributed by atoms with Crippen LogP contribution in [-0.2, 0) is 0 Å². The summed E-state index contributed by atoms with van der Waals surface area (Å²) in [5, 5.41) is 12.2. The van der Waals surface area contributed by atoms with E-state index in [1.165, 1.54) is 5.56 Å². The molecule has 1 aromatic carbocycles. The molecule has 3 heterocycles. The van der Waals surface area contributed by atoms with Gasteiger partial charge in [-0.25, -0.2) is 4.52 Å². The van der Waals surface area contributed by atoms with E-state index in [2.05, 4.69) is 34.0 Å². The van der Waals surface area contributed by atoms with Gasteiger partial charge in [0.1, 0.15) is 6.33 Å². The van der Waals surface area contributed by atoms with E-state index in [9.17, 15) is 4.79 Å². The Morgan fingerprint density at radius 3 is 2.50 bits per heavy atom. The number of rotatable bonds is 3. The maximum atomic E-state index is 12.7. The molecule has 0 aliphatic carbocycles. The summed E-state index contributed by atoms with van der Waals surface area (Å²) in [5.74, 6) is 0.574. The predicted molar refractivity (Wildman–Crippen MR) is 99.4 cm³/mol. The fourth-order valence-corrected chi connectivity index (χ4v) is 3.25. The lowest BCUT2D eigenvalue weighted by atomic mass is 10.0. The van der Waals surface area contributed by atoms with Crippen LogP contribution < -0.4 is 4.90 Å². The molecule has 0 bridgehead atoms. The summed E-state index contributed by atoms with van der Waals surface area (Å²) in [5.41, 5.74) is 3.75. The predicted octanol–water partition coefficient (Wildman–Crippen LogP) is 2.21. The van der Waals surface area contributed by atoms with E-state index >= 15 is 0 Å². The summed E-state index contributed by atoms with van der Waals surface area (Å²) >= 11 is 0. The molecule has 134 valence electrons. The number of anilines is 1. The number of carbonyl (C=O) groups is 1. The molecule has 0 atom stereocenters. The van der Waals surface area contributed by atoms with Crippen molar-refractivity contribution in [2.24, 2.45) is 0 Å². The first kappa shape index (κ1) is 16.5. The summed E-state index contributed by atoms with van der Waals surface area (Å²) in [7, 11) is 0. The van der Waals surface area contributed by atoms with Gasteiger partial charge in [0, 0.05) is 37.8 Å². The zero-order chi connectivity index (χ0) is 18.1. The fraction of sp³-hybridized carbons (Fsp3) is 0.368. The molecule has 2 aromatic heterocycles. The van der Waals surface area contributed by atoms with Crippen molar-refractivity contribution in [2.45, 2.75) is 19.8 Å². The van der Waals surface area contributed by atoms with Gasteiger partial charge >= 0.3 is 0 Å². The molecule has 4 rings (SSSR count). The topological polar surface area (TPSA) is 66.6 Å². The van der Waals surface area contributed by atoms with Crippen molar-refractivity contribution in [3.8, 4) is 0 Å². The highest BCUT2D eigenvalue weighted by Gasteiger charge is 2.22. The molecule has 0 unspecified atom stereocenters. The van der Waals surface area contributed by atoms with E-state index < -0.39 is 0 Å². The lowest BCUT2D eigenvalue weighted by Crippen LogP contribution is -2.48. The normalized spacial score (nSPS) is 15.0. The minimum absolute atomic E-state index is 0.103. The molecule has 26 heavy (non-hydrogen) atoms. The monoisotopic (exact) mass is 350 g/mol. The number of nitrogens with zero attached hydrogens (tertiary/aromatic N) is 6. The lowest BCUT2D eigenvalue weighted by molar-refractivity contribution is 0.0746. The zero-order valence-electron chi connectivity index (χ0n) is 15.0. The molecule has 0 spiro atoms. The summed E-state index contributed by atoms with van der Waals surface area (Å²) in [4.78, 5) is 16.9. The van der Waals surface area contributed by atoms with Gasteiger partial charge < -0.3 is 9.80 Å². The molecule has 0 saturated carbocycles. The van der Waals surface area contributed by atoms with Crippen LogP contribution in [0.5, 0.6) is 0 Å². The van der Waals surface area contributed by atoms with Crippen molar-refractivity contribution in [3.63, 3.8) is 0 Å². The molecule has 1 saturated heterocycles. The zero-order valence-corrected chi connectivity index (χ0v) is 15.0. The summed E-state index contributed by atoms with van der Waals surface area (Å²) in [6, 6.07) is 9.95. The van der Waals surface area contributed by atoms with Crippen molar-refractivity contribution in [1.29, 1.82) is 0 Å². The van der Waals surface area contributed by atoms with E-state index in [1.807, 2.05) is 41.4 Å². The average Bonchev–Trinajstić information content (AvgIpc) is 3.15.